The molecule has 0 unspecified atom stereocenters. The van der Waals surface area contributed by atoms with Crippen molar-refractivity contribution in [2.45, 2.75) is 0 Å². The second kappa shape index (κ2) is 7.58. The van der Waals surface area contributed by atoms with Gasteiger partial charge in [0.2, 0.25) is 0 Å². The van der Waals surface area contributed by atoms with E-state index in [4.69, 9.17) is 22.3 Å². The summed E-state index contributed by atoms with van der Waals surface area (Å²) in [4.78, 5) is 15.9. The van der Waals surface area contributed by atoms with Crippen molar-refractivity contribution in [1.29, 1.82) is 10.8 Å². The Balaban J connectivity index is 0.00000231. The summed E-state index contributed by atoms with van der Waals surface area (Å²) in [7, 11) is 0. The first kappa shape index (κ1) is 20.1. The van der Waals surface area contributed by atoms with Gasteiger partial charge >= 0.3 is 0 Å². The SMILES string of the molecule is Cl.N=C(N)c1ccc(-c2nc3ccc(-c4nc5ccc(C(=N)N)cc5[nH]4)cc3[nH]2)cc1. The minimum atomic E-state index is 0. The van der Waals surface area contributed by atoms with Crippen molar-refractivity contribution >= 4 is 46.1 Å². The molecule has 0 fully saturated rings. The zero-order valence-corrected chi connectivity index (χ0v) is 17.0. The quantitative estimate of drug-likeness (QED) is 0.189. The predicted molar refractivity (Wildman–Crippen MR) is 126 cm³/mol. The third kappa shape index (κ3) is 3.60. The lowest BCUT2D eigenvalue weighted by Gasteiger charge is -1.99. The van der Waals surface area contributed by atoms with E-state index in [2.05, 4.69) is 19.9 Å². The van der Waals surface area contributed by atoms with Crippen LogP contribution < -0.4 is 11.5 Å². The summed E-state index contributed by atoms with van der Waals surface area (Å²) in [6.45, 7) is 0. The smallest absolute Gasteiger partial charge is 0.138 e. The number of H-pyrrole nitrogens is 2. The number of benzene rings is 3. The summed E-state index contributed by atoms with van der Waals surface area (Å²) < 4.78 is 0. The van der Waals surface area contributed by atoms with Crippen LogP contribution in [-0.2, 0) is 0 Å². The number of hydrogen-bond acceptors (Lipinski definition) is 4. The number of nitrogens with zero attached hydrogens (tertiary/aromatic N) is 2. The molecule has 0 radical (unpaired) electrons. The molecule has 2 aromatic heterocycles. The number of hydrogen-bond donors (Lipinski definition) is 6. The van der Waals surface area contributed by atoms with Crippen molar-refractivity contribution in [2.24, 2.45) is 11.5 Å². The summed E-state index contributed by atoms with van der Waals surface area (Å²) in [5.41, 5.74) is 17.6. The molecule has 0 spiro atoms. The van der Waals surface area contributed by atoms with Gasteiger partial charge in [-0.1, -0.05) is 24.3 Å². The predicted octanol–water partition coefficient (Wildman–Crippen LogP) is 3.76. The van der Waals surface area contributed by atoms with Crippen LogP contribution in [-0.4, -0.2) is 31.6 Å². The van der Waals surface area contributed by atoms with Gasteiger partial charge in [0.05, 0.1) is 22.1 Å². The van der Waals surface area contributed by atoms with Crippen molar-refractivity contribution in [2.75, 3.05) is 0 Å². The fraction of sp³-hybridized carbons (Fsp3) is 0. The third-order valence-corrected chi connectivity index (χ3v) is 5.02. The van der Waals surface area contributed by atoms with Gasteiger partial charge in [-0.05, 0) is 36.4 Å². The topological polar surface area (TPSA) is 157 Å². The molecule has 8 N–H and O–H groups in total. The Morgan fingerprint density at radius 2 is 1.13 bits per heavy atom. The molecule has 0 amide bonds. The number of nitrogens with one attached hydrogen (secondary N) is 4. The molecule has 0 atom stereocenters. The van der Waals surface area contributed by atoms with Crippen LogP contribution in [0.25, 0.3) is 44.8 Å². The number of nitrogen functional groups attached to an aromatic ring is 2. The molecule has 0 aliphatic rings. The number of halogens is 1. The van der Waals surface area contributed by atoms with Crippen LogP contribution in [0.2, 0.25) is 0 Å². The summed E-state index contributed by atoms with van der Waals surface area (Å²) >= 11 is 0. The highest BCUT2D eigenvalue weighted by Gasteiger charge is 2.11. The monoisotopic (exact) mass is 430 g/mol. The highest BCUT2D eigenvalue weighted by molar-refractivity contribution is 5.98. The highest BCUT2D eigenvalue weighted by Crippen LogP contribution is 2.26. The highest BCUT2D eigenvalue weighted by atomic mass is 35.5. The molecule has 0 saturated carbocycles. The van der Waals surface area contributed by atoms with Crippen LogP contribution in [0.4, 0.5) is 0 Å². The van der Waals surface area contributed by atoms with Gasteiger partial charge in [-0.15, -0.1) is 12.4 Å². The van der Waals surface area contributed by atoms with Crippen molar-refractivity contribution < 1.29 is 0 Å². The van der Waals surface area contributed by atoms with E-state index in [9.17, 15) is 0 Å². The van der Waals surface area contributed by atoms with Gasteiger partial charge in [-0.3, -0.25) is 10.8 Å². The number of fused-ring (bicyclic) bond motifs is 2. The van der Waals surface area contributed by atoms with Crippen LogP contribution in [0, 0.1) is 10.8 Å². The molecule has 3 aromatic carbocycles. The number of aromatic nitrogens is 4. The van der Waals surface area contributed by atoms with E-state index in [1.165, 1.54) is 0 Å². The molecule has 9 heteroatoms. The van der Waals surface area contributed by atoms with Gasteiger partial charge in [-0.25, -0.2) is 9.97 Å². The summed E-state index contributed by atoms with van der Waals surface area (Å²) in [5, 5.41) is 15.1. The average Bonchev–Trinajstić information content (AvgIpc) is 3.36. The van der Waals surface area contributed by atoms with Gasteiger partial charge in [0.25, 0.3) is 0 Å². The van der Waals surface area contributed by atoms with E-state index < -0.39 is 0 Å². The van der Waals surface area contributed by atoms with Crippen LogP contribution in [0.1, 0.15) is 11.1 Å². The van der Waals surface area contributed by atoms with Crippen LogP contribution in [0.15, 0.2) is 60.7 Å². The molecular weight excluding hydrogens is 412 g/mol. The molecule has 0 saturated heterocycles. The zero-order valence-electron chi connectivity index (χ0n) is 16.2. The second-order valence-corrected chi connectivity index (χ2v) is 7.04. The van der Waals surface area contributed by atoms with E-state index in [-0.39, 0.29) is 24.1 Å². The van der Waals surface area contributed by atoms with E-state index >= 15 is 0 Å². The van der Waals surface area contributed by atoms with Gasteiger partial charge in [-0.2, -0.15) is 0 Å². The molecule has 0 aliphatic heterocycles. The minimum absolute atomic E-state index is 0. The molecule has 2 heterocycles. The first-order chi connectivity index (χ1) is 14.5. The first-order valence-corrected chi connectivity index (χ1v) is 9.27. The molecule has 154 valence electrons. The fourth-order valence-electron chi connectivity index (χ4n) is 3.42. The van der Waals surface area contributed by atoms with Gasteiger partial charge in [0.1, 0.15) is 23.3 Å². The molecular formula is C22H19ClN8. The van der Waals surface area contributed by atoms with Crippen molar-refractivity contribution in [3.8, 4) is 22.8 Å². The number of nitrogens with two attached hydrogens (primary N) is 2. The largest absolute Gasteiger partial charge is 0.384 e. The Hall–Kier alpha value is -4.17. The second-order valence-electron chi connectivity index (χ2n) is 7.04. The first-order valence-electron chi connectivity index (χ1n) is 9.27. The van der Waals surface area contributed by atoms with Crippen LogP contribution in [0.5, 0.6) is 0 Å². The lowest BCUT2D eigenvalue weighted by molar-refractivity contribution is 1.33. The van der Waals surface area contributed by atoms with E-state index in [1.807, 2.05) is 42.5 Å². The number of rotatable bonds is 4. The molecule has 0 bridgehead atoms. The van der Waals surface area contributed by atoms with E-state index in [0.717, 1.165) is 44.8 Å². The van der Waals surface area contributed by atoms with Crippen LogP contribution in [0.3, 0.4) is 0 Å². The number of amidine groups is 2. The average molecular weight is 431 g/mol. The summed E-state index contributed by atoms with van der Waals surface area (Å²) in [5.74, 6) is 1.54. The molecule has 31 heavy (non-hydrogen) atoms. The Morgan fingerprint density at radius 1 is 0.645 bits per heavy atom. The normalized spacial score (nSPS) is 10.8. The van der Waals surface area contributed by atoms with Crippen molar-refractivity contribution in [3.63, 3.8) is 0 Å². The Kier molecular flexibility index (Phi) is 4.92. The van der Waals surface area contributed by atoms with Crippen LogP contribution >= 0.6 is 12.4 Å². The Morgan fingerprint density at radius 3 is 1.74 bits per heavy atom. The standard InChI is InChI=1S/C22H18N8.ClH/c23-19(24)11-1-3-12(4-2-11)21-27-16-8-6-14(10-18(16)29-21)22-28-15-7-5-13(20(25)26)9-17(15)30-22;/h1-10H,(H3,23,24)(H3,25,26)(H,27,29)(H,28,30);1H. The summed E-state index contributed by atoms with van der Waals surface area (Å²) in [6, 6.07) is 18.8. The summed E-state index contributed by atoms with van der Waals surface area (Å²) in [6.07, 6.45) is 0. The lowest BCUT2D eigenvalue weighted by atomic mass is 10.1. The van der Waals surface area contributed by atoms with E-state index in [0.29, 0.717) is 11.1 Å². The third-order valence-electron chi connectivity index (χ3n) is 5.02. The van der Waals surface area contributed by atoms with Gasteiger partial charge < -0.3 is 21.4 Å². The number of aromatic amines is 2. The van der Waals surface area contributed by atoms with Gasteiger partial charge in [0, 0.05) is 22.3 Å². The number of imidazole rings is 2. The fourth-order valence-corrected chi connectivity index (χ4v) is 3.42. The minimum Gasteiger partial charge on any atom is -0.384 e. The molecule has 5 aromatic rings. The Bertz CT molecular complexity index is 1450. The molecule has 5 rings (SSSR count). The zero-order chi connectivity index (χ0) is 20.8. The van der Waals surface area contributed by atoms with Crippen molar-refractivity contribution in [1.82, 2.24) is 19.9 Å². The van der Waals surface area contributed by atoms with Gasteiger partial charge in [0.15, 0.2) is 0 Å². The van der Waals surface area contributed by atoms with Crippen molar-refractivity contribution in [3.05, 3.63) is 71.8 Å². The Labute approximate surface area is 183 Å². The maximum Gasteiger partial charge on any atom is 0.138 e. The van der Waals surface area contributed by atoms with E-state index in [1.54, 1.807) is 18.2 Å². The molecule has 0 aliphatic carbocycles. The maximum absolute atomic E-state index is 7.59. The molecule has 8 nitrogen and oxygen atoms in total. The maximum atomic E-state index is 7.59. The lowest BCUT2D eigenvalue weighted by Crippen LogP contribution is -2.10.